The predicted octanol–water partition coefficient (Wildman–Crippen LogP) is 1.99. The molecule has 0 aromatic heterocycles. The molecule has 72 valence electrons. The molecule has 0 heterocycles. The third kappa shape index (κ3) is 2.21. The molecule has 4 heteroatoms. The van der Waals surface area contributed by atoms with E-state index in [2.05, 4.69) is 0 Å². The van der Waals surface area contributed by atoms with Crippen molar-refractivity contribution in [1.82, 2.24) is 0 Å². The molecule has 1 aromatic carbocycles. The Balaban J connectivity index is 3.10. The molecular formula is C9H10F3N. The van der Waals surface area contributed by atoms with Gasteiger partial charge in [0.25, 0.3) is 0 Å². The maximum Gasteiger partial charge on any atom is 0.164 e. The van der Waals surface area contributed by atoms with Crippen molar-refractivity contribution in [2.75, 3.05) is 0 Å². The lowest BCUT2D eigenvalue weighted by Crippen LogP contribution is -2.19. The first-order valence-corrected chi connectivity index (χ1v) is 3.90. The minimum absolute atomic E-state index is 0.00454. The van der Waals surface area contributed by atoms with Gasteiger partial charge in [-0.15, -0.1) is 0 Å². The van der Waals surface area contributed by atoms with Crippen LogP contribution < -0.4 is 5.73 Å². The number of hydrogen-bond donors (Lipinski definition) is 1. The molecule has 0 radical (unpaired) electrons. The molecule has 1 nitrogen and oxygen atoms in total. The van der Waals surface area contributed by atoms with E-state index in [9.17, 15) is 13.2 Å². The minimum atomic E-state index is -1.14. The first-order chi connectivity index (χ1) is 6.02. The second-order valence-electron chi connectivity index (χ2n) is 3.00. The largest absolute Gasteiger partial charge is 0.328 e. The zero-order chi connectivity index (χ0) is 10.0. The van der Waals surface area contributed by atoms with Crippen molar-refractivity contribution in [3.63, 3.8) is 0 Å². The van der Waals surface area contributed by atoms with Crippen LogP contribution in [0, 0.1) is 17.5 Å². The van der Waals surface area contributed by atoms with Crippen molar-refractivity contribution in [3.05, 3.63) is 35.1 Å². The Bertz CT molecular complexity index is 310. The SMILES string of the molecule is CC(N)Cc1c(F)ccc(F)c1F. The van der Waals surface area contributed by atoms with Crippen molar-refractivity contribution >= 4 is 0 Å². The van der Waals surface area contributed by atoms with Gasteiger partial charge in [0.05, 0.1) is 0 Å². The maximum absolute atomic E-state index is 13.0. The standard InChI is InChI=1S/C9H10F3N/c1-5(13)4-6-7(10)2-3-8(11)9(6)12/h2-3,5H,4,13H2,1H3. The molecule has 0 aliphatic rings. The Morgan fingerprint density at radius 1 is 1.23 bits per heavy atom. The number of hydrogen-bond acceptors (Lipinski definition) is 1. The molecule has 0 saturated heterocycles. The molecule has 1 rings (SSSR count). The van der Waals surface area contributed by atoms with Crippen LogP contribution in [0.3, 0.4) is 0 Å². The van der Waals surface area contributed by atoms with Crippen LogP contribution in [0.15, 0.2) is 12.1 Å². The third-order valence-corrected chi connectivity index (χ3v) is 1.67. The number of rotatable bonds is 2. The molecule has 0 amide bonds. The van der Waals surface area contributed by atoms with Gasteiger partial charge in [-0.1, -0.05) is 0 Å². The Morgan fingerprint density at radius 2 is 1.77 bits per heavy atom. The van der Waals surface area contributed by atoms with Gasteiger partial charge in [-0.2, -0.15) is 0 Å². The van der Waals surface area contributed by atoms with Crippen molar-refractivity contribution in [2.24, 2.45) is 5.73 Å². The van der Waals surface area contributed by atoms with Gasteiger partial charge in [0.15, 0.2) is 11.6 Å². The average molecular weight is 189 g/mol. The minimum Gasteiger partial charge on any atom is -0.328 e. The van der Waals surface area contributed by atoms with Gasteiger partial charge in [-0.05, 0) is 25.5 Å². The van der Waals surface area contributed by atoms with Crippen molar-refractivity contribution in [1.29, 1.82) is 0 Å². The third-order valence-electron chi connectivity index (χ3n) is 1.67. The summed E-state index contributed by atoms with van der Waals surface area (Å²) >= 11 is 0. The summed E-state index contributed by atoms with van der Waals surface area (Å²) in [6.07, 6.45) is -0.00454. The molecule has 1 atom stereocenters. The van der Waals surface area contributed by atoms with E-state index in [1.807, 2.05) is 0 Å². The molecule has 0 saturated carbocycles. The second-order valence-corrected chi connectivity index (χ2v) is 3.00. The van der Waals surface area contributed by atoms with Crippen LogP contribution in [0.2, 0.25) is 0 Å². The molecule has 1 aromatic rings. The smallest absolute Gasteiger partial charge is 0.164 e. The maximum atomic E-state index is 13.0. The normalized spacial score (nSPS) is 13.0. The highest BCUT2D eigenvalue weighted by atomic mass is 19.2. The van der Waals surface area contributed by atoms with Crippen molar-refractivity contribution in [2.45, 2.75) is 19.4 Å². The van der Waals surface area contributed by atoms with E-state index in [0.29, 0.717) is 0 Å². The quantitative estimate of drug-likeness (QED) is 0.707. The van der Waals surface area contributed by atoms with Gasteiger partial charge in [-0.3, -0.25) is 0 Å². The molecule has 1 unspecified atom stereocenters. The lowest BCUT2D eigenvalue weighted by Gasteiger charge is -2.07. The molecule has 0 fully saturated rings. The van der Waals surface area contributed by atoms with Crippen LogP contribution in [-0.4, -0.2) is 6.04 Å². The molecule has 2 N–H and O–H groups in total. The molecule has 0 spiro atoms. The summed E-state index contributed by atoms with van der Waals surface area (Å²) in [5.74, 6) is -2.94. The van der Waals surface area contributed by atoms with E-state index >= 15 is 0 Å². The van der Waals surface area contributed by atoms with Crippen LogP contribution in [0.25, 0.3) is 0 Å². The van der Waals surface area contributed by atoms with E-state index in [0.717, 1.165) is 12.1 Å². The summed E-state index contributed by atoms with van der Waals surface area (Å²) in [6.45, 7) is 1.60. The van der Waals surface area contributed by atoms with Gasteiger partial charge < -0.3 is 5.73 Å². The highest BCUT2D eigenvalue weighted by Crippen LogP contribution is 2.16. The number of halogens is 3. The summed E-state index contributed by atoms with van der Waals surface area (Å²) in [5, 5.41) is 0. The average Bonchev–Trinajstić information content (AvgIpc) is 2.05. The van der Waals surface area contributed by atoms with Gasteiger partial charge >= 0.3 is 0 Å². The van der Waals surface area contributed by atoms with Crippen LogP contribution in [0.1, 0.15) is 12.5 Å². The molecule has 0 aliphatic heterocycles. The van der Waals surface area contributed by atoms with E-state index in [4.69, 9.17) is 5.73 Å². The summed E-state index contributed by atoms with van der Waals surface area (Å²) < 4.78 is 38.5. The lowest BCUT2D eigenvalue weighted by atomic mass is 10.1. The van der Waals surface area contributed by atoms with Gasteiger partial charge in [0.2, 0.25) is 0 Å². The van der Waals surface area contributed by atoms with Crippen LogP contribution in [0.4, 0.5) is 13.2 Å². The van der Waals surface area contributed by atoms with Crippen LogP contribution >= 0.6 is 0 Å². The summed E-state index contributed by atoms with van der Waals surface area (Å²) in [7, 11) is 0. The monoisotopic (exact) mass is 189 g/mol. The van der Waals surface area contributed by atoms with Crippen LogP contribution in [-0.2, 0) is 6.42 Å². The molecule has 0 bridgehead atoms. The van der Waals surface area contributed by atoms with Crippen molar-refractivity contribution in [3.8, 4) is 0 Å². The highest BCUT2D eigenvalue weighted by molar-refractivity contribution is 5.21. The Morgan fingerprint density at radius 3 is 2.31 bits per heavy atom. The fourth-order valence-corrected chi connectivity index (χ4v) is 1.08. The molecule has 13 heavy (non-hydrogen) atoms. The zero-order valence-corrected chi connectivity index (χ0v) is 7.15. The Hall–Kier alpha value is -1.03. The lowest BCUT2D eigenvalue weighted by molar-refractivity contribution is 0.474. The fourth-order valence-electron chi connectivity index (χ4n) is 1.08. The predicted molar refractivity (Wildman–Crippen MR) is 43.7 cm³/mol. The Labute approximate surface area is 74.4 Å². The van der Waals surface area contributed by atoms with Crippen molar-refractivity contribution < 1.29 is 13.2 Å². The first kappa shape index (κ1) is 10.1. The van der Waals surface area contributed by atoms with Gasteiger partial charge in [-0.25, -0.2) is 13.2 Å². The van der Waals surface area contributed by atoms with E-state index in [1.54, 1.807) is 6.92 Å². The zero-order valence-electron chi connectivity index (χ0n) is 7.15. The fraction of sp³-hybridized carbons (Fsp3) is 0.333. The Kier molecular flexibility index (Phi) is 2.93. The summed E-state index contributed by atoms with van der Waals surface area (Å²) in [6, 6.07) is 1.26. The van der Waals surface area contributed by atoms with E-state index in [-0.39, 0.29) is 12.0 Å². The van der Waals surface area contributed by atoms with E-state index in [1.165, 1.54) is 0 Å². The number of nitrogens with two attached hydrogens (primary N) is 1. The highest BCUT2D eigenvalue weighted by Gasteiger charge is 2.14. The van der Waals surface area contributed by atoms with E-state index < -0.39 is 23.5 Å². The topological polar surface area (TPSA) is 26.0 Å². The second kappa shape index (κ2) is 3.79. The first-order valence-electron chi connectivity index (χ1n) is 3.90. The number of benzene rings is 1. The van der Waals surface area contributed by atoms with Gasteiger partial charge in [0, 0.05) is 11.6 Å². The van der Waals surface area contributed by atoms with Gasteiger partial charge in [0.1, 0.15) is 5.82 Å². The van der Waals surface area contributed by atoms with Crippen LogP contribution in [0.5, 0.6) is 0 Å². The summed E-state index contributed by atoms with van der Waals surface area (Å²) in [5.41, 5.74) is 5.07. The molecular weight excluding hydrogens is 179 g/mol. The molecule has 0 aliphatic carbocycles. The summed E-state index contributed by atoms with van der Waals surface area (Å²) in [4.78, 5) is 0.